The molecule has 2 saturated heterocycles. The minimum Gasteiger partial charge on any atom is -0.338 e. The monoisotopic (exact) mass is 237 g/mol. The van der Waals surface area contributed by atoms with E-state index < -0.39 is 0 Å². The third kappa shape index (κ3) is 1.73. The highest BCUT2D eigenvalue weighted by Gasteiger charge is 2.51. The lowest BCUT2D eigenvalue weighted by Gasteiger charge is -2.45. The van der Waals surface area contributed by atoms with Crippen molar-refractivity contribution >= 4 is 11.8 Å². The Kier molecular flexibility index (Phi) is 2.23. The van der Waals surface area contributed by atoms with Crippen LogP contribution in [0.5, 0.6) is 0 Å². The molecule has 5 heteroatoms. The molecule has 1 saturated carbocycles. The summed E-state index contributed by atoms with van der Waals surface area (Å²) in [4.78, 5) is 27.4. The average Bonchev–Trinajstić information content (AvgIpc) is 2.85. The molecular weight excluding hydrogens is 218 g/mol. The Morgan fingerprint density at radius 1 is 1.35 bits per heavy atom. The molecule has 3 aliphatic rings. The Morgan fingerprint density at radius 2 is 2.00 bits per heavy atom. The van der Waals surface area contributed by atoms with Gasteiger partial charge >= 0.3 is 0 Å². The van der Waals surface area contributed by atoms with Gasteiger partial charge in [-0.05, 0) is 12.8 Å². The highest BCUT2D eigenvalue weighted by molar-refractivity contribution is 5.86. The highest BCUT2D eigenvalue weighted by atomic mass is 16.2. The number of carbonyl (C=O) groups is 2. The lowest BCUT2D eigenvalue weighted by atomic mass is 10.0. The molecule has 1 atom stereocenters. The number of carbonyl (C=O) groups excluding carboxylic acids is 2. The van der Waals surface area contributed by atoms with E-state index in [-0.39, 0.29) is 29.3 Å². The molecule has 3 fully saturated rings. The number of nitrogens with two attached hydrogens (primary N) is 1. The van der Waals surface area contributed by atoms with Crippen LogP contribution in [-0.2, 0) is 9.59 Å². The van der Waals surface area contributed by atoms with Crippen molar-refractivity contribution in [1.29, 1.82) is 0 Å². The third-order valence-electron chi connectivity index (χ3n) is 4.29. The van der Waals surface area contributed by atoms with Crippen LogP contribution in [0.2, 0.25) is 0 Å². The summed E-state index contributed by atoms with van der Waals surface area (Å²) in [6.07, 6.45) is 2.49. The molecule has 2 amide bonds. The van der Waals surface area contributed by atoms with Crippen LogP contribution in [0.1, 0.15) is 26.2 Å². The Balaban J connectivity index is 1.55. The standard InChI is InChI=1S/C12H19N3O2/c1-12(2-3-12)11(17)14-6-9(7-14)15-5-8(13)4-10(15)16/h8-9H,2-7,13H2,1H3. The zero-order valence-electron chi connectivity index (χ0n) is 10.2. The zero-order chi connectivity index (χ0) is 12.2. The smallest absolute Gasteiger partial charge is 0.228 e. The van der Waals surface area contributed by atoms with Gasteiger partial charge in [-0.15, -0.1) is 0 Å². The van der Waals surface area contributed by atoms with Gasteiger partial charge in [-0.3, -0.25) is 9.59 Å². The van der Waals surface area contributed by atoms with E-state index in [4.69, 9.17) is 5.73 Å². The topological polar surface area (TPSA) is 66.6 Å². The largest absolute Gasteiger partial charge is 0.338 e. The van der Waals surface area contributed by atoms with E-state index in [9.17, 15) is 9.59 Å². The first-order valence-electron chi connectivity index (χ1n) is 6.34. The second-order valence-electron chi connectivity index (χ2n) is 5.93. The molecular formula is C12H19N3O2. The molecule has 3 rings (SSSR count). The molecule has 1 unspecified atom stereocenters. The Morgan fingerprint density at radius 3 is 2.47 bits per heavy atom. The first-order valence-corrected chi connectivity index (χ1v) is 6.34. The fourth-order valence-electron chi connectivity index (χ4n) is 2.71. The summed E-state index contributed by atoms with van der Waals surface area (Å²) in [7, 11) is 0. The van der Waals surface area contributed by atoms with Gasteiger partial charge in [0.25, 0.3) is 0 Å². The predicted molar refractivity (Wildman–Crippen MR) is 62.0 cm³/mol. The molecule has 0 bridgehead atoms. The summed E-state index contributed by atoms with van der Waals surface area (Å²) >= 11 is 0. The van der Waals surface area contributed by atoms with Crippen LogP contribution in [0, 0.1) is 5.41 Å². The quantitative estimate of drug-likeness (QED) is 0.708. The second-order valence-corrected chi connectivity index (χ2v) is 5.93. The van der Waals surface area contributed by atoms with Crippen molar-refractivity contribution in [1.82, 2.24) is 9.80 Å². The number of amides is 2. The van der Waals surface area contributed by atoms with Gasteiger partial charge in [0.2, 0.25) is 11.8 Å². The van der Waals surface area contributed by atoms with Crippen molar-refractivity contribution < 1.29 is 9.59 Å². The maximum Gasteiger partial charge on any atom is 0.228 e. The summed E-state index contributed by atoms with van der Waals surface area (Å²) in [5, 5.41) is 0. The van der Waals surface area contributed by atoms with Crippen molar-refractivity contribution in [2.45, 2.75) is 38.3 Å². The minimum atomic E-state index is -0.0869. The van der Waals surface area contributed by atoms with Crippen LogP contribution in [0.3, 0.4) is 0 Å². The molecule has 0 aromatic rings. The number of nitrogens with zero attached hydrogens (tertiary/aromatic N) is 2. The summed E-state index contributed by atoms with van der Waals surface area (Å²) in [5.41, 5.74) is 5.68. The fraction of sp³-hybridized carbons (Fsp3) is 0.833. The summed E-state index contributed by atoms with van der Waals surface area (Å²) in [5.74, 6) is 0.414. The number of likely N-dealkylation sites (tertiary alicyclic amines) is 2. The molecule has 17 heavy (non-hydrogen) atoms. The molecule has 0 aromatic carbocycles. The molecule has 2 N–H and O–H groups in total. The average molecular weight is 237 g/mol. The van der Waals surface area contributed by atoms with E-state index in [1.165, 1.54) is 0 Å². The van der Waals surface area contributed by atoms with E-state index in [1.807, 2.05) is 16.7 Å². The first kappa shape index (κ1) is 11.0. The Labute approximate surface area is 101 Å². The van der Waals surface area contributed by atoms with E-state index in [0.29, 0.717) is 26.1 Å². The number of hydrogen-bond acceptors (Lipinski definition) is 3. The molecule has 0 aromatic heterocycles. The summed E-state index contributed by atoms with van der Waals surface area (Å²) in [6.45, 7) is 4.09. The highest BCUT2D eigenvalue weighted by Crippen LogP contribution is 2.47. The van der Waals surface area contributed by atoms with Crippen molar-refractivity contribution in [2.24, 2.45) is 11.1 Å². The molecule has 1 aliphatic carbocycles. The van der Waals surface area contributed by atoms with Crippen LogP contribution in [0.15, 0.2) is 0 Å². The zero-order valence-corrected chi connectivity index (χ0v) is 10.2. The van der Waals surface area contributed by atoms with Gasteiger partial charge in [0, 0.05) is 37.5 Å². The van der Waals surface area contributed by atoms with E-state index >= 15 is 0 Å². The van der Waals surface area contributed by atoms with Crippen LogP contribution < -0.4 is 5.73 Å². The van der Waals surface area contributed by atoms with Crippen molar-refractivity contribution in [2.75, 3.05) is 19.6 Å². The fourth-order valence-corrected chi connectivity index (χ4v) is 2.71. The van der Waals surface area contributed by atoms with Gasteiger partial charge in [0.15, 0.2) is 0 Å². The first-order chi connectivity index (χ1) is 7.99. The van der Waals surface area contributed by atoms with Crippen LogP contribution in [-0.4, -0.2) is 53.3 Å². The maximum atomic E-state index is 12.0. The van der Waals surface area contributed by atoms with Gasteiger partial charge in [-0.25, -0.2) is 0 Å². The number of rotatable bonds is 2. The molecule has 2 heterocycles. The minimum absolute atomic E-state index is 0.0202. The molecule has 94 valence electrons. The number of hydrogen-bond donors (Lipinski definition) is 1. The van der Waals surface area contributed by atoms with Crippen molar-refractivity contribution in [3.63, 3.8) is 0 Å². The maximum absolute atomic E-state index is 12.0. The molecule has 0 radical (unpaired) electrons. The summed E-state index contributed by atoms with van der Waals surface area (Å²) < 4.78 is 0. The van der Waals surface area contributed by atoms with E-state index in [0.717, 1.165) is 12.8 Å². The van der Waals surface area contributed by atoms with Gasteiger partial charge in [0.05, 0.1) is 6.04 Å². The third-order valence-corrected chi connectivity index (χ3v) is 4.29. The lowest BCUT2D eigenvalue weighted by molar-refractivity contribution is -0.148. The predicted octanol–water partition coefficient (Wildman–Crippen LogP) is -0.443. The lowest BCUT2D eigenvalue weighted by Crippen LogP contribution is -2.62. The van der Waals surface area contributed by atoms with Gasteiger partial charge in [-0.1, -0.05) is 6.92 Å². The Bertz CT molecular complexity index is 372. The van der Waals surface area contributed by atoms with Crippen LogP contribution in [0.25, 0.3) is 0 Å². The van der Waals surface area contributed by atoms with E-state index in [1.54, 1.807) is 0 Å². The molecule has 2 aliphatic heterocycles. The normalized spacial score (nSPS) is 31.6. The Hall–Kier alpha value is -1.10. The van der Waals surface area contributed by atoms with Crippen molar-refractivity contribution in [3.8, 4) is 0 Å². The van der Waals surface area contributed by atoms with Crippen molar-refractivity contribution in [3.05, 3.63) is 0 Å². The SMILES string of the molecule is CC1(C(=O)N2CC(N3CC(N)CC3=O)C2)CC1. The molecule has 0 spiro atoms. The summed E-state index contributed by atoms with van der Waals surface area (Å²) in [6, 6.07) is 0.190. The molecule has 5 nitrogen and oxygen atoms in total. The van der Waals surface area contributed by atoms with Crippen LogP contribution >= 0.6 is 0 Å². The van der Waals surface area contributed by atoms with Gasteiger partial charge in [0.1, 0.15) is 0 Å². The van der Waals surface area contributed by atoms with E-state index in [2.05, 4.69) is 0 Å². The van der Waals surface area contributed by atoms with Gasteiger partial charge < -0.3 is 15.5 Å². The van der Waals surface area contributed by atoms with Crippen LogP contribution in [0.4, 0.5) is 0 Å². The second kappa shape index (κ2) is 3.45. The van der Waals surface area contributed by atoms with Gasteiger partial charge in [-0.2, -0.15) is 0 Å².